The average molecular weight is 1060 g/mol. The zero-order valence-electron chi connectivity index (χ0n) is 55.9. The van der Waals surface area contributed by atoms with E-state index in [1.807, 2.05) is 0 Å². The Morgan fingerprint density at radius 3 is 1.17 bits per heavy atom. The molecule has 8 aliphatic heterocycles. The van der Waals surface area contributed by atoms with Crippen molar-refractivity contribution in [2.45, 2.75) is 365 Å². The Kier molecular flexibility index (Phi) is 25.7. The molecule has 0 N–H and O–H groups in total. The molecule has 0 radical (unpaired) electrons. The van der Waals surface area contributed by atoms with E-state index < -0.39 is 0 Å². The summed E-state index contributed by atoms with van der Waals surface area (Å²) in [5.74, 6) is 9.09. The number of nitrogens with zero attached hydrogens (tertiary/aromatic N) is 6. The first-order valence-electron chi connectivity index (χ1n) is 34.2. The highest BCUT2D eigenvalue weighted by Gasteiger charge is 2.58. The summed E-state index contributed by atoms with van der Waals surface area (Å²) in [5, 5.41) is 0. The summed E-state index contributed by atoms with van der Waals surface area (Å²) in [4.78, 5) is 16.5. The lowest BCUT2D eigenvalue weighted by molar-refractivity contribution is -0.0536. The molecule has 8 saturated heterocycles. The molecule has 3 unspecified atom stereocenters. The highest BCUT2D eigenvalue weighted by atomic mass is 15.3. The third-order valence-corrected chi connectivity index (χ3v) is 22.6. The topological polar surface area (TPSA) is 19.4 Å². The van der Waals surface area contributed by atoms with Gasteiger partial charge in [0.05, 0.1) is 0 Å². The number of hydrogen-bond acceptors (Lipinski definition) is 6. The van der Waals surface area contributed by atoms with Gasteiger partial charge in [0.15, 0.2) is 0 Å². The fourth-order valence-corrected chi connectivity index (χ4v) is 19.3. The molecule has 8 bridgehead atoms. The van der Waals surface area contributed by atoms with Crippen molar-refractivity contribution in [3.63, 3.8) is 0 Å². The van der Waals surface area contributed by atoms with Crippen molar-refractivity contribution in [2.75, 3.05) is 26.2 Å². The zero-order chi connectivity index (χ0) is 56.7. The lowest BCUT2D eigenvalue weighted by Gasteiger charge is -2.55. The first-order valence-corrected chi connectivity index (χ1v) is 34.2. The number of rotatable bonds is 12. The third-order valence-electron chi connectivity index (χ3n) is 22.6. The van der Waals surface area contributed by atoms with Crippen molar-refractivity contribution in [2.24, 2.45) is 59.2 Å². The van der Waals surface area contributed by atoms with Crippen LogP contribution in [-0.2, 0) is 0 Å². The van der Waals surface area contributed by atoms with Crippen molar-refractivity contribution in [1.29, 1.82) is 0 Å². The van der Waals surface area contributed by atoms with Gasteiger partial charge in [0.2, 0.25) is 0 Å². The Labute approximate surface area is 477 Å². The van der Waals surface area contributed by atoms with E-state index in [1.165, 1.54) is 142 Å². The van der Waals surface area contributed by atoms with Crippen LogP contribution in [0.25, 0.3) is 0 Å². The molecule has 0 spiro atoms. The molecule has 76 heavy (non-hydrogen) atoms. The fourth-order valence-electron chi connectivity index (χ4n) is 19.3. The second-order valence-electron chi connectivity index (χ2n) is 31.5. The van der Waals surface area contributed by atoms with E-state index in [-0.39, 0.29) is 0 Å². The standard InChI is InChI=1S/2C13H25N.C12H23N.C11H21N.C11H23N.C10H21N/c1-9(2)13-11-5-7-12(8-6-11)14(13)10(3)4;1-10(2)13-7-5-6-12(8-13)9-14(13)11(3)4;1-8(2)12-10-5-6-11(7-10)13(12)9(3)4;1-8(2)11-5-10(6-11)7-12(11)9(3)4;1-9(2)11-7-5-6-8-12(11)10(3)4;1-8(2)10-6-5-7-11(10)9(3)4/h9-13H,5-8H2,1-4H3;10-12H,5-9H2,1-4H3;8-12H,5-7H2,1-4H3;8-10H,5-7H2,1-4H3;9-11H,5-8H2,1-4H3;8-10H,5-7H2,1-4H3/t;12-,13+;10?,11?,12-;;11-;10-/m.01.00/s1. The molecule has 448 valence electrons. The van der Waals surface area contributed by atoms with Crippen molar-refractivity contribution in [3.8, 4) is 0 Å². The lowest BCUT2D eigenvalue weighted by Crippen LogP contribution is -2.59. The van der Waals surface area contributed by atoms with Gasteiger partial charge in [-0.1, -0.05) is 95.9 Å². The van der Waals surface area contributed by atoms with E-state index in [0.29, 0.717) is 11.1 Å². The van der Waals surface area contributed by atoms with Crippen molar-refractivity contribution in [3.05, 3.63) is 0 Å². The molecule has 12 fully saturated rings. The van der Waals surface area contributed by atoms with Crippen LogP contribution in [0.5, 0.6) is 0 Å². The van der Waals surface area contributed by atoms with Crippen LogP contribution in [0, 0.1) is 59.2 Å². The second kappa shape index (κ2) is 29.3. The Morgan fingerprint density at radius 2 is 0.763 bits per heavy atom. The van der Waals surface area contributed by atoms with Crippen molar-refractivity contribution < 1.29 is 0 Å². The van der Waals surface area contributed by atoms with Crippen LogP contribution in [0.2, 0.25) is 0 Å². The summed E-state index contributed by atoms with van der Waals surface area (Å²) < 4.78 is 0. The summed E-state index contributed by atoms with van der Waals surface area (Å²) in [5.41, 5.74) is 1.18. The quantitative estimate of drug-likeness (QED) is 0.193. The summed E-state index contributed by atoms with van der Waals surface area (Å²) in [6, 6.07) is 9.76. The first kappa shape index (κ1) is 66.6. The molecular weight excluding hydrogens is 925 g/mol. The van der Waals surface area contributed by atoms with Crippen LogP contribution in [0.1, 0.15) is 282 Å². The minimum Gasteiger partial charge on any atom is -0.298 e. The minimum atomic E-state index is 0.567. The van der Waals surface area contributed by atoms with Gasteiger partial charge in [-0.15, -0.1) is 0 Å². The van der Waals surface area contributed by atoms with Crippen LogP contribution < -0.4 is 0 Å². The Bertz CT molecular complexity index is 1530. The SMILES string of the molecule is CC(C)C1C2CCC(CC2)N1C(C)C.CC(C)N1CC2CC1(C(C)C)C2.CC(C)N1C[C@H]2CCC[C@]1(C(C)C)C2.CC(C)[C@@H]1C2CCC(C2)N1C(C)C.CC(C)[C@@H]1CCCCN1C(C)C.CC(C)[C@@H]1CCCN1C(C)C. The van der Waals surface area contributed by atoms with Gasteiger partial charge in [0.25, 0.3) is 0 Å². The van der Waals surface area contributed by atoms with Gasteiger partial charge in [0, 0.05) is 96.7 Å². The van der Waals surface area contributed by atoms with E-state index >= 15 is 0 Å². The minimum absolute atomic E-state index is 0.567. The number of fused-ring (bicyclic) bond motifs is 8. The average Bonchev–Trinajstić information content (AvgIpc) is 4.22. The van der Waals surface area contributed by atoms with E-state index in [9.17, 15) is 0 Å². The maximum atomic E-state index is 2.82. The summed E-state index contributed by atoms with van der Waals surface area (Å²) in [6.07, 6.45) is 26.3. The number of likely N-dealkylation sites (tertiary alicyclic amines) is 4. The van der Waals surface area contributed by atoms with Crippen LogP contribution in [0.3, 0.4) is 0 Å². The molecular formula is C70H138N6. The van der Waals surface area contributed by atoms with Gasteiger partial charge in [-0.05, 0) is 258 Å². The molecule has 6 heteroatoms. The molecule has 0 aromatic rings. The molecule has 0 aromatic carbocycles. The molecule has 4 saturated carbocycles. The van der Waals surface area contributed by atoms with Gasteiger partial charge in [0.1, 0.15) is 0 Å². The van der Waals surface area contributed by atoms with E-state index in [0.717, 1.165) is 132 Å². The highest BCUT2D eigenvalue weighted by molar-refractivity contribution is 5.12. The van der Waals surface area contributed by atoms with E-state index in [1.54, 1.807) is 0 Å². The van der Waals surface area contributed by atoms with Gasteiger partial charge in [-0.2, -0.15) is 0 Å². The van der Waals surface area contributed by atoms with E-state index in [4.69, 9.17) is 0 Å². The maximum absolute atomic E-state index is 2.82. The molecule has 8 atom stereocenters. The van der Waals surface area contributed by atoms with Gasteiger partial charge in [-0.25, -0.2) is 0 Å². The van der Waals surface area contributed by atoms with Crippen molar-refractivity contribution in [1.82, 2.24) is 29.4 Å². The number of piperidine rings is 4. The van der Waals surface area contributed by atoms with Gasteiger partial charge < -0.3 is 0 Å². The molecule has 6 nitrogen and oxygen atoms in total. The molecule has 12 aliphatic rings. The highest BCUT2D eigenvalue weighted by Crippen LogP contribution is 2.55. The van der Waals surface area contributed by atoms with Crippen LogP contribution >= 0.6 is 0 Å². The summed E-state index contributed by atoms with van der Waals surface area (Å²) in [6.45, 7) is 62.1. The largest absolute Gasteiger partial charge is 0.298 e. The molecule has 8 heterocycles. The molecule has 0 amide bonds. The van der Waals surface area contributed by atoms with Gasteiger partial charge in [-0.3, -0.25) is 29.4 Å². The predicted molar refractivity (Wildman–Crippen MR) is 336 cm³/mol. The van der Waals surface area contributed by atoms with Crippen LogP contribution in [0.15, 0.2) is 0 Å². The van der Waals surface area contributed by atoms with E-state index in [2.05, 4.69) is 196 Å². The van der Waals surface area contributed by atoms with Crippen molar-refractivity contribution >= 4 is 0 Å². The zero-order valence-corrected chi connectivity index (χ0v) is 55.9. The third kappa shape index (κ3) is 15.7. The van der Waals surface area contributed by atoms with Gasteiger partial charge >= 0.3 is 0 Å². The smallest absolute Gasteiger partial charge is 0.0241 e. The number of hydrogen-bond donors (Lipinski definition) is 0. The Morgan fingerprint density at radius 1 is 0.342 bits per heavy atom. The Balaban J connectivity index is 0.000000169. The maximum Gasteiger partial charge on any atom is 0.0241 e. The first-order chi connectivity index (χ1) is 35.6. The lowest BCUT2D eigenvalue weighted by atomic mass is 9.67. The van der Waals surface area contributed by atoms with Crippen LogP contribution in [0.4, 0.5) is 0 Å². The van der Waals surface area contributed by atoms with Crippen LogP contribution in [-0.4, -0.2) is 139 Å². The predicted octanol–water partition coefficient (Wildman–Crippen LogP) is 17.4. The normalized spacial score (nSPS) is 35.7. The monoisotopic (exact) mass is 1060 g/mol. The second-order valence-corrected chi connectivity index (χ2v) is 31.5. The molecule has 12 rings (SSSR count). The Hall–Kier alpha value is -0.240. The summed E-state index contributed by atoms with van der Waals surface area (Å²) in [7, 11) is 0. The summed E-state index contributed by atoms with van der Waals surface area (Å²) >= 11 is 0. The molecule has 0 aromatic heterocycles. The fraction of sp³-hybridized carbons (Fsp3) is 1.00. The molecule has 4 aliphatic carbocycles.